The van der Waals surface area contributed by atoms with Gasteiger partial charge in [0.15, 0.2) is 0 Å². The summed E-state index contributed by atoms with van der Waals surface area (Å²) in [6.07, 6.45) is 10.9. The molecule has 1 saturated carbocycles. The fraction of sp³-hybridized carbons (Fsp3) is 0.765. The van der Waals surface area contributed by atoms with Gasteiger partial charge < -0.3 is 9.73 Å². The summed E-state index contributed by atoms with van der Waals surface area (Å²) in [5.41, 5.74) is 0.256. The minimum Gasteiger partial charge on any atom is -0.466 e. The molecule has 1 atom stereocenters. The lowest BCUT2D eigenvalue weighted by Crippen LogP contribution is -2.54. The van der Waals surface area contributed by atoms with Gasteiger partial charge in [0.1, 0.15) is 5.76 Å². The summed E-state index contributed by atoms with van der Waals surface area (Å²) >= 11 is 3.69. The first-order valence-corrected chi connectivity index (χ1v) is 9.28. The Labute approximate surface area is 136 Å². The van der Waals surface area contributed by atoms with Crippen molar-refractivity contribution in [2.24, 2.45) is 0 Å². The molecule has 118 valence electrons. The van der Waals surface area contributed by atoms with E-state index in [1.807, 2.05) is 12.3 Å². The second-order valence-corrected chi connectivity index (χ2v) is 7.38. The van der Waals surface area contributed by atoms with E-state index < -0.39 is 0 Å². The molecule has 0 bridgehead atoms. The van der Waals surface area contributed by atoms with E-state index in [0.717, 1.165) is 23.2 Å². The zero-order valence-corrected chi connectivity index (χ0v) is 14.6. The summed E-state index contributed by atoms with van der Waals surface area (Å²) in [4.78, 5) is 2.75. The minimum absolute atomic E-state index is 0.256. The predicted octanol–water partition coefficient (Wildman–Crippen LogP) is 4.49. The van der Waals surface area contributed by atoms with Gasteiger partial charge in [0.2, 0.25) is 0 Å². The predicted molar refractivity (Wildman–Crippen MR) is 89.4 cm³/mol. The lowest BCUT2D eigenvalue weighted by atomic mass is 9.84. The van der Waals surface area contributed by atoms with Crippen LogP contribution in [0.25, 0.3) is 0 Å². The van der Waals surface area contributed by atoms with Crippen molar-refractivity contribution >= 4 is 15.9 Å². The maximum Gasteiger partial charge on any atom is 0.136 e. The van der Waals surface area contributed by atoms with Crippen LogP contribution in [-0.4, -0.2) is 30.1 Å². The van der Waals surface area contributed by atoms with Gasteiger partial charge in [0.05, 0.1) is 16.8 Å². The molecule has 1 aromatic heterocycles. The number of rotatable bonds is 6. The number of halogens is 1. The number of nitrogens with one attached hydrogen (secondary N) is 1. The highest BCUT2D eigenvalue weighted by molar-refractivity contribution is 9.10. The molecule has 0 radical (unpaired) electrons. The van der Waals surface area contributed by atoms with Crippen LogP contribution in [0.2, 0.25) is 0 Å². The molecule has 0 spiro atoms. The number of nitrogens with zero attached hydrogens (tertiary/aromatic N) is 1. The van der Waals surface area contributed by atoms with Gasteiger partial charge in [-0.15, -0.1) is 0 Å². The molecular weight excluding hydrogens is 328 g/mol. The third-order valence-corrected chi connectivity index (χ3v) is 5.90. The summed E-state index contributed by atoms with van der Waals surface area (Å²) in [5.74, 6) is 1.09. The molecule has 3 nitrogen and oxygen atoms in total. The molecule has 4 heteroatoms. The smallest absolute Gasteiger partial charge is 0.136 e. The van der Waals surface area contributed by atoms with Gasteiger partial charge in [0.25, 0.3) is 0 Å². The lowest BCUT2D eigenvalue weighted by molar-refractivity contribution is 0.0668. The summed E-state index contributed by atoms with van der Waals surface area (Å²) in [7, 11) is 0. The van der Waals surface area contributed by atoms with Crippen LogP contribution in [0.3, 0.4) is 0 Å². The van der Waals surface area contributed by atoms with E-state index in [0.29, 0.717) is 6.04 Å². The standard InChI is InChI=1S/C17H27BrN2O/c1-2-10-19-16(15-14(18)7-13-21-15)17(8-3-4-9-17)20-11-5-6-12-20/h7,13,16,19H,2-6,8-12H2,1H3. The highest BCUT2D eigenvalue weighted by Gasteiger charge is 2.48. The third kappa shape index (κ3) is 2.95. The molecule has 1 saturated heterocycles. The fourth-order valence-electron chi connectivity index (χ4n) is 4.26. The first-order valence-electron chi connectivity index (χ1n) is 8.49. The van der Waals surface area contributed by atoms with E-state index in [9.17, 15) is 0 Å². The zero-order chi connectivity index (χ0) is 14.7. The topological polar surface area (TPSA) is 28.4 Å². The molecule has 1 N–H and O–H groups in total. The summed E-state index contributed by atoms with van der Waals surface area (Å²) in [6.45, 7) is 5.79. The monoisotopic (exact) mass is 354 g/mol. The van der Waals surface area contributed by atoms with E-state index in [1.165, 1.54) is 51.6 Å². The SMILES string of the molecule is CCCNC(c1occc1Br)C1(N2CCCC2)CCCC1. The van der Waals surface area contributed by atoms with Crippen LogP contribution in [0.1, 0.15) is 63.7 Å². The van der Waals surface area contributed by atoms with Crippen molar-refractivity contribution in [2.45, 2.75) is 63.5 Å². The Bertz CT molecular complexity index is 447. The van der Waals surface area contributed by atoms with E-state index in [1.54, 1.807) is 0 Å². The van der Waals surface area contributed by atoms with Gasteiger partial charge >= 0.3 is 0 Å². The minimum atomic E-state index is 0.256. The largest absolute Gasteiger partial charge is 0.466 e. The van der Waals surface area contributed by atoms with Crippen molar-refractivity contribution in [3.63, 3.8) is 0 Å². The first kappa shape index (κ1) is 15.6. The Morgan fingerprint density at radius 2 is 2.00 bits per heavy atom. The van der Waals surface area contributed by atoms with E-state index in [-0.39, 0.29) is 5.54 Å². The quantitative estimate of drug-likeness (QED) is 0.815. The number of hydrogen-bond acceptors (Lipinski definition) is 3. The molecule has 2 aliphatic rings. The summed E-state index contributed by atoms with van der Waals surface area (Å²) in [6, 6.07) is 2.34. The Morgan fingerprint density at radius 1 is 1.29 bits per heavy atom. The third-order valence-electron chi connectivity index (χ3n) is 5.25. The number of furan rings is 1. The molecule has 1 aliphatic carbocycles. The molecule has 3 rings (SSSR count). The Hall–Kier alpha value is -0.320. The van der Waals surface area contributed by atoms with E-state index in [2.05, 4.69) is 33.1 Å². The average Bonchev–Trinajstić information content (AvgIpc) is 3.20. The van der Waals surface area contributed by atoms with Gasteiger partial charge in [-0.05, 0) is 73.7 Å². The number of likely N-dealkylation sites (tertiary alicyclic amines) is 1. The second kappa shape index (κ2) is 6.84. The summed E-state index contributed by atoms with van der Waals surface area (Å²) in [5, 5.41) is 3.81. The van der Waals surface area contributed by atoms with Gasteiger partial charge in [-0.2, -0.15) is 0 Å². The Morgan fingerprint density at radius 3 is 2.57 bits per heavy atom. The normalized spacial score (nSPS) is 23.7. The molecule has 2 heterocycles. The van der Waals surface area contributed by atoms with Crippen molar-refractivity contribution < 1.29 is 4.42 Å². The molecule has 1 aliphatic heterocycles. The van der Waals surface area contributed by atoms with Crippen LogP contribution >= 0.6 is 15.9 Å². The summed E-state index contributed by atoms with van der Waals surface area (Å²) < 4.78 is 7.00. The molecule has 21 heavy (non-hydrogen) atoms. The van der Waals surface area contributed by atoms with Crippen molar-refractivity contribution in [1.82, 2.24) is 10.2 Å². The molecule has 1 aromatic rings. The van der Waals surface area contributed by atoms with Crippen LogP contribution in [0, 0.1) is 0 Å². The average molecular weight is 355 g/mol. The maximum absolute atomic E-state index is 5.88. The molecule has 0 aromatic carbocycles. The van der Waals surface area contributed by atoms with E-state index in [4.69, 9.17) is 4.42 Å². The molecular formula is C17H27BrN2O. The molecule has 0 amide bonds. The Balaban J connectivity index is 1.93. The van der Waals surface area contributed by atoms with Crippen LogP contribution in [0.5, 0.6) is 0 Å². The Kier molecular flexibility index (Phi) is 5.07. The van der Waals surface area contributed by atoms with Crippen molar-refractivity contribution in [1.29, 1.82) is 0 Å². The zero-order valence-electron chi connectivity index (χ0n) is 13.0. The van der Waals surface area contributed by atoms with Crippen LogP contribution < -0.4 is 5.32 Å². The van der Waals surface area contributed by atoms with Gasteiger partial charge in [-0.3, -0.25) is 4.90 Å². The van der Waals surface area contributed by atoms with Crippen molar-refractivity contribution in [2.75, 3.05) is 19.6 Å². The first-order chi connectivity index (χ1) is 10.3. The lowest BCUT2D eigenvalue weighted by Gasteiger charge is -2.44. The fourth-order valence-corrected chi connectivity index (χ4v) is 4.69. The highest BCUT2D eigenvalue weighted by atomic mass is 79.9. The van der Waals surface area contributed by atoms with Gasteiger partial charge in [-0.1, -0.05) is 19.8 Å². The van der Waals surface area contributed by atoms with Gasteiger partial charge in [-0.25, -0.2) is 0 Å². The van der Waals surface area contributed by atoms with Gasteiger partial charge in [0, 0.05) is 5.54 Å². The number of hydrogen-bond donors (Lipinski definition) is 1. The molecule has 1 unspecified atom stereocenters. The van der Waals surface area contributed by atoms with Crippen molar-refractivity contribution in [3.8, 4) is 0 Å². The van der Waals surface area contributed by atoms with Crippen LogP contribution in [0.15, 0.2) is 21.2 Å². The van der Waals surface area contributed by atoms with E-state index >= 15 is 0 Å². The maximum atomic E-state index is 5.88. The second-order valence-electron chi connectivity index (χ2n) is 6.52. The highest BCUT2D eigenvalue weighted by Crippen LogP contribution is 2.47. The van der Waals surface area contributed by atoms with Crippen LogP contribution in [0.4, 0.5) is 0 Å². The van der Waals surface area contributed by atoms with Crippen molar-refractivity contribution in [3.05, 3.63) is 22.6 Å². The van der Waals surface area contributed by atoms with Crippen LogP contribution in [-0.2, 0) is 0 Å². The molecule has 2 fully saturated rings.